The lowest BCUT2D eigenvalue weighted by molar-refractivity contribution is 0.0503. The van der Waals surface area contributed by atoms with Crippen molar-refractivity contribution in [3.63, 3.8) is 0 Å². The van der Waals surface area contributed by atoms with Crippen LogP contribution in [0.1, 0.15) is 15.9 Å². The Bertz CT molecular complexity index is 618. The number of aromatic nitrogens is 1. The van der Waals surface area contributed by atoms with Crippen LogP contribution >= 0.6 is 0 Å². The average molecular weight is 278 g/mol. The summed E-state index contributed by atoms with van der Waals surface area (Å²) in [7, 11) is 0. The van der Waals surface area contributed by atoms with Crippen molar-refractivity contribution in [1.29, 1.82) is 0 Å². The summed E-state index contributed by atoms with van der Waals surface area (Å²) in [6.07, 6.45) is 3.70. The molecule has 2 N–H and O–H groups in total. The van der Waals surface area contributed by atoms with Crippen LogP contribution in [0.25, 0.3) is 0 Å². The van der Waals surface area contributed by atoms with Gasteiger partial charge in [-0.1, -0.05) is 0 Å². The second kappa shape index (κ2) is 6.10. The fraction of sp³-hybridized carbons (Fsp3) is 0.143. The summed E-state index contributed by atoms with van der Waals surface area (Å²) in [4.78, 5) is 15.5. The molecule has 0 saturated carbocycles. The van der Waals surface area contributed by atoms with Gasteiger partial charge in [0.15, 0.2) is 0 Å². The van der Waals surface area contributed by atoms with Gasteiger partial charge in [-0.3, -0.25) is 4.98 Å². The molecule has 6 heteroatoms. The summed E-state index contributed by atoms with van der Waals surface area (Å²) < 4.78 is 31.6. The van der Waals surface area contributed by atoms with E-state index in [1.54, 1.807) is 24.5 Å². The largest absolute Gasteiger partial charge is 0.462 e. The molecule has 0 aliphatic rings. The van der Waals surface area contributed by atoms with Gasteiger partial charge in [-0.25, -0.2) is 13.6 Å². The Kier molecular flexibility index (Phi) is 4.24. The topological polar surface area (TPSA) is 65.2 Å². The van der Waals surface area contributed by atoms with Crippen LogP contribution < -0.4 is 5.73 Å². The van der Waals surface area contributed by atoms with E-state index in [-0.39, 0.29) is 12.3 Å². The molecule has 0 aliphatic carbocycles. The van der Waals surface area contributed by atoms with Crippen LogP contribution in [0.3, 0.4) is 0 Å². The highest BCUT2D eigenvalue weighted by Gasteiger charge is 2.16. The molecule has 2 rings (SSSR count). The number of carbonyl (C=O) groups is 1. The van der Waals surface area contributed by atoms with Crippen LogP contribution in [0.4, 0.5) is 14.5 Å². The molecule has 0 unspecified atom stereocenters. The molecule has 1 aromatic carbocycles. The predicted octanol–water partition coefficient (Wildman–Crippen LogP) is 2.34. The number of nitrogens with two attached hydrogens (primary N) is 1. The van der Waals surface area contributed by atoms with Gasteiger partial charge in [-0.15, -0.1) is 0 Å². The molecule has 0 spiro atoms. The number of ether oxygens (including phenoxy) is 1. The molecule has 1 aromatic heterocycles. The average Bonchev–Trinajstić information content (AvgIpc) is 2.44. The van der Waals surface area contributed by atoms with E-state index < -0.39 is 23.2 Å². The van der Waals surface area contributed by atoms with Crippen molar-refractivity contribution in [2.45, 2.75) is 6.42 Å². The SMILES string of the molecule is Nc1cc(F)c(C(=O)OCCc2ccncc2)cc1F. The number of esters is 1. The summed E-state index contributed by atoms with van der Waals surface area (Å²) >= 11 is 0. The normalized spacial score (nSPS) is 10.3. The predicted molar refractivity (Wildman–Crippen MR) is 69.0 cm³/mol. The van der Waals surface area contributed by atoms with Gasteiger partial charge < -0.3 is 10.5 Å². The van der Waals surface area contributed by atoms with Crippen LogP contribution in [-0.2, 0) is 11.2 Å². The highest BCUT2D eigenvalue weighted by atomic mass is 19.1. The smallest absolute Gasteiger partial charge is 0.341 e. The van der Waals surface area contributed by atoms with E-state index in [4.69, 9.17) is 10.5 Å². The van der Waals surface area contributed by atoms with Gasteiger partial charge >= 0.3 is 5.97 Å². The van der Waals surface area contributed by atoms with Crippen molar-refractivity contribution in [1.82, 2.24) is 4.98 Å². The summed E-state index contributed by atoms with van der Waals surface area (Å²) in [5.74, 6) is -2.68. The third kappa shape index (κ3) is 3.28. The third-order valence-corrected chi connectivity index (χ3v) is 2.68. The zero-order valence-electron chi connectivity index (χ0n) is 10.5. The Hall–Kier alpha value is -2.50. The molecular weight excluding hydrogens is 266 g/mol. The standard InChI is InChI=1S/C14H12F2N2O2/c15-11-8-13(17)12(16)7-10(11)14(19)20-6-3-9-1-4-18-5-2-9/h1-2,4-5,7-8H,3,6,17H2. The zero-order chi connectivity index (χ0) is 14.5. The first-order valence-electron chi connectivity index (χ1n) is 5.88. The third-order valence-electron chi connectivity index (χ3n) is 2.68. The van der Waals surface area contributed by atoms with Gasteiger partial charge in [0.2, 0.25) is 0 Å². The second-order valence-corrected chi connectivity index (χ2v) is 4.09. The minimum atomic E-state index is -0.921. The minimum Gasteiger partial charge on any atom is -0.462 e. The molecule has 2 aromatic rings. The fourth-order valence-electron chi connectivity index (χ4n) is 1.61. The Morgan fingerprint density at radius 1 is 1.20 bits per heavy atom. The van der Waals surface area contributed by atoms with Gasteiger partial charge in [-0.05, 0) is 23.8 Å². The molecule has 0 radical (unpaired) electrons. The maximum Gasteiger partial charge on any atom is 0.341 e. The summed E-state index contributed by atoms with van der Waals surface area (Å²) in [5, 5.41) is 0. The molecule has 104 valence electrons. The molecular formula is C14H12F2N2O2. The number of nitrogens with zero attached hydrogens (tertiary/aromatic N) is 1. The second-order valence-electron chi connectivity index (χ2n) is 4.09. The van der Waals surface area contributed by atoms with Gasteiger partial charge in [0.1, 0.15) is 11.6 Å². The first-order valence-corrected chi connectivity index (χ1v) is 5.88. The van der Waals surface area contributed by atoms with E-state index >= 15 is 0 Å². The highest BCUT2D eigenvalue weighted by molar-refractivity contribution is 5.90. The monoisotopic (exact) mass is 278 g/mol. The quantitative estimate of drug-likeness (QED) is 0.688. The number of halogens is 2. The molecule has 0 fully saturated rings. The number of carbonyl (C=O) groups excluding carboxylic acids is 1. The van der Waals surface area contributed by atoms with Crippen LogP contribution in [0.2, 0.25) is 0 Å². The highest BCUT2D eigenvalue weighted by Crippen LogP contribution is 2.17. The Morgan fingerprint density at radius 2 is 1.90 bits per heavy atom. The van der Waals surface area contributed by atoms with Gasteiger partial charge in [0.05, 0.1) is 17.9 Å². The van der Waals surface area contributed by atoms with Crippen molar-refractivity contribution in [3.05, 3.63) is 59.4 Å². The maximum absolute atomic E-state index is 13.5. The van der Waals surface area contributed by atoms with E-state index in [1.165, 1.54) is 0 Å². The van der Waals surface area contributed by atoms with Gasteiger partial charge in [0, 0.05) is 24.9 Å². The first kappa shape index (κ1) is 13.9. The summed E-state index contributed by atoms with van der Waals surface area (Å²) in [6.45, 7) is 0.0638. The lowest BCUT2D eigenvalue weighted by atomic mass is 10.2. The maximum atomic E-state index is 13.5. The number of hydrogen-bond acceptors (Lipinski definition) is 4. The zero-order valence-corrected chi connectivity index (χ0v) is 10.5. The van der Waals surface area contributed by atoms with Crippen molar-refractivity contribution < 1.29 is 18.3 Å². The molecule has 1 heterocycles. The van der Waals surface area contributed by atoms with Crippen molar-refractivity contribution in [2.24, 2.45) is 0 Å². The Labute approximate surface area is 114 Å². The molecule has 0 aliphatic heterocycles. The number of nitrogen functional groups attached to an aromatic ring is 1. The molecule has 0 saturated heterocycles. The number of pyridine rings is 1. The number of hydrogen-bond donors (Lipinski definition) is 1. The van der Waals surface area contributed by atoms with E-state index in [1.807, 2.05) is 0 Å². The number of rotatable bonds is 4. The Balaban J connectivity index is 1.97. The van der Waals surface area contributed by atoms with Gasteiger partial charge in [0.25, 0.3) is 0 Å². The van der Waals surface area contributed by atoms with Gasteiger partial charge in [-0.2, -0.15) is 0 Å². The van der Waals surface area contributed by atoms with Crippen LogP contribution in [0.5, 0.6) is 0 Å². The number of anilines is 1. The van der Waals surface area contributed by atoms with E-state index in [0.29, 0.717) is 6.42 Å². The summed E-state index contributed by atoms with van der Waals surface area (Å²) in [5.41, 5.74) is 5.30. The van der Waals surface area contributed by atoms with E-state index in [2.05, 4.69) is 4.98 Å². The van der Waals surface area contributed by atoms with Crippen LogP contribution in [-0.4, -0.2) is 17.6 Å². The van der Waals surface area contributed by atoms with Crippen LogP contribution in [0, 0.1) is 11.6 Å². The van der Waals surface area contributed by atoms with Crippen molar-refractivity contribution in [3.8, 4) is 0 Å². The van der Waals surface area contributed by atoms with Crippen molar-refractivity contribution >= 4 is 11.7 Å². The molecule has 4 nitrogen and oxygen atoms in total. The molecule has 0 atom stereocenters. The molecule has 0 amide bonds. The molecule has 0 bridgehead atoms. The van der Waals surface area contributed by atoms with E-state index in [0.717, 1.165) is 17.7 Å². The lowest BCUT2D eigenvalue weighted by Gasteiger charge is -2.07. The lowest BCUT2D eigenvalue weighted by Crippen LogP contribution is -2.11. The molecule has 20 heavy (non-hydrogen) atoms. The minimum absolute atomic E-state index is 0.0638. The first-order chi connectivity index (χ1) is 9.58. The van der Waals surface area contributed by atoms with Crippen molar-refractivity contribution in [2.75, 3.05) is 12.3 Å². The van der Waals surface area contributed by atoms with Crippen LogP contribution in [0.15, 0.2) is 36.7 Å². The number of benzene rings is 1. The Morgan fingerprint density at radius 3 is 2.60 bits per heavy atom. The summed E-state index contributed by atoms with van der Waals surface area (Å²) in [6, 6.07) is 5.04. The fourth-order valence-corrected chi connectivity index (χ4v) is 1.61. The van der Waals surface area contributed by atoms with E-state index in [9.17, 15) is 13.6 Å².